The van der Waals surface area contributed by atoms with E-state index in [1.54, 1.807) is 0 Å². The van der Waals surface area contributed by atoms with Crippen LogP contribution in [0.3, 0.4) is 0 Å². The van der Waals surface area contributed by atoms with Gasteiger partial charge in [0.15, 0.2) is 12.1 Å². The van der Waals surface area contributed by atoms with Gasteiger partial charge in [-0.3, -0.25) is 4.79 Å². The number of carbonyl (C=O) groups is 1. The highest BCUT2D eigenvalue weighted by Crippen LogP contribution is 2.69. The first-order valence-electron chi connectivity index (χ1n) is 11.3. The third kappa shape index (κ3) is 2.37. The van der Waals surface area contributed by atoms with Crippen molar-refractivity contribution >= 4 is 5.78 Å². The molecular formula is C24H34O3. The van der Waals surface area contributed by atoms with Crippen LogP contribution in [0, 0.1) is 35.0 Å². The maximum absolute atomic E-state index is 12.0. The van der Waals surface area contributed by atoms with Crippen LogP contribution in [0.5, 0.6) is 0 Å². The van der Waals surface area contributed by atoms with E-state index in [1.807, 2.05) is 12.2 Å². The highest BCUT2D eigenvalue weighted by molar-refractivity contribution is 5.91. The first kappa shape index (κ1) is 18.1. The number of aliphatic hydroxyl groups excluding tert-OH is 1. The van der Waals surface area contributed by atoms with E-state index >= 15 is 0 Å². The Kier molecular flexibility index (Phi) is 4.22. The van der Waals surface area contributed by atoms with Crippen molar-refractivity contribution in [3.05, 3.63) is 23.8 Å². The normalized spacial score (nSPS) is 51.1. The van der Waals surface area contributed by atoms with Crippen molar-refractivity contribution in [2.45, 2.75) is 83.5 Å². The molecular weight excluding hydrogens is 336 g/mol. The molecule has 0 aromatic heterocycles. The zero-order chi connectivity index (χ0) is 18.8. The number of ether oxygens (including phenoxy) is 1. The minimum atomic E-state index is -0.725. The van der Waals surface area contributed by atoms with Crippen molar-refractivity contribution in [3.8, 4) is 0 Å². The van der Waals surface area contributed by atoms with Gasteiger partial charge in [0.25, 0.3) is 0 Å². The second-order valence-corrected chi connectivity index (χ2v) is 9.89. The predicted octanol–water partition coefficient (Wildman–Crippen LogP) is 4.80. The number of ketones is 1. The minimum absolute atomic E-state index is 0.182. The molecule has 148 valence electrons. The average Bonchev–Trinajstić information content (AvgIpc) is 3.21. The first-order valence-corrected chi connectivity index (χ1v) is 11.3. The van der Waals surface area contributed by atoms with Crippen LogP contribution in [0.1, 0.15) is 71.6 Å². The SMILES string of the molecule is CC[C@H]1CC2=CC(=O)CC[C@@H]2C2CC[C@@]3(CC)C(CC[C@@]34C=CC(O)O4)C21. The van der Waals surface area contributed by atoms with Crippen LogP contribution >= 0.6 is 0 Å². The van der Waals surface area contributed by atoms with Gasteiger partial charge in [-0.1, -0.05) is 31.9 Å². The number of fused-ring (bicyclic) bond motifs is 6. The van der Waals surface area contributed by atoms with E-state index in [-0.39, 0.29) is 11.0 Å². The molecule has 0 aromatic rings. The standard InChI is InChI=1S/C24H34O3/c1-3-15-13-16-14-17(25)5-6-18(16)19-7-10-23(4-2)20(22(15)19)8-11-24(23)12-9-21(26)27-24/h9,12,14-15,18-22,26H,3-8,10-11,13H2,1-2H3/t15-,18-,19?,20?,21?,22?,23-,24+/m0/s1. The van der Waals surface area contributed by atoms with Crippen molar-refractivity contribution in [1.29, 1.82) is 0 Å². The van der Waals surface area contributed by atoms with Crippen molar-refractivity contribution in [2.75, 3.05) is 0 Å². The molecule has 1 N–H and O–H groups in total. The zero-order valence-corrected chi connectivity index (χ0v) is 16.8. The van der Waals surface area contributed by atoms with E-state index in [4.69, 9.17) is 4.74 Å². The van der Waals surface area contributed by atoms with Crippen molar-refractivity contribution < 1.29 is 14.6 Å². The summed E-state index contributed by atoms with van der Waals surface area (Å²) in [4.78, 5) is 12.0. The molecule has 5 aliphatic rings. The fraction of sp³-hybridized carbons (Fsp3) is 0.792. The van der Waals surface area contributed by atoms with E-state index in [0.29, 0.717) is 23.5 Å². The second-order valence-electron chi connectivity index (χ2n) is 9.89. The predicted molar refractivity (Wildman–Crippen MR) is 105 cm³/mol. The van der Waals surface area contributed by atoms with Gasteiger partial charge >= 0.3 is 0 Å². The lowest BCUT2D eigenvalue weighted by Gasteiger charge is -2.59. The summed E-state index contributed by atoms with van der Waals surface area (Å²) in [6, 6.07) is 0. The quantitative estimate of drug-likeness (QED) is 0.710. The Morgan fingerprint density at radius 2 is 2.07 bits per heavy atom. The van der Waals surface area contributed by atoms with Crippen molar-refractivity contribution in [1.82, 2.24) is 0 Å². The highest BCUT2D eigenvalue weighted by atomic mass is 16.6. The number of hydrogen-bond donors (Lipinski definition) is 1. The van der Waals surface area contributed by atoms with Crippen molar-refractivity contribution in [3.63, 3.8) is 0 Å². The van der Waals surface area contributed by atoms with Crippen LogP contribution in [-0.4, -0.2) is 22.8 Å². The molecule has 3 heteroatoms. The van der Waals surface area contributed by atoms with Crippen LogP contribution in [-0.2, 0) is 9.53 Å². The van der Waals surface area contributed by atoms with Gasteiger partial charge in [0.2, 0.25) is 0 Å². The molecule has 0 amide bonds. The molecule has 1 spiro atoms. The third-order valence-corrected chi connectivity index (χ3v) is 9.36. The summed E-state index contributed by atoms with van der Waals surface area (Å²) in [6.07, 6.45) is 15.5. The molecule has 8 atom stereocenters. The molecule has 1 heterocycles. The van der Waals surface area contributed by atoms with Gasteiger partial charge in [0, 0.05) is 11.8 Å². The van der Waals surface area contributed by atoms with Crippen LogP contribution in [0.15, 0.2) is 23.8 Å². The zero-order valence-electron chi connectivity index (χ0n) is 16.8. The van der Waals surface area contributed by atoms with Crippen LogP contribution < -0.4 is 0 Å². The smallest absolute Gasteiger partial charge is 0.175 e. The molecule has 1 aliphatic heterocycles. The van der Waals surface area contributed by atoms with Crippen LogP contribution in [0.25, 0.3) is 0 Å². The molecule has 0 radical (unpaired) electrons. The van der Waals surface area contributed by atoms with Gasteiger partial charge in [-0.05, 0) is 86.7 Å². The Balaban J connectivity index is 1.53. The Morgan fingerprint density at radius 1 is 1.22 bits per heavy atom. The van der Waals surface area contributed by atoms with E-state index in [2.05, 4.69) is 19.9 Å². The van der Waals surface area contributed by atoms with E-state index in [1.165, 1.54) is 31.3 Å². The first-order chi connectivity index (χ1) is 13.0. The minimum Gasteiger partial charge on any atom is -0.365 e. The number of allylic oxidation sites excluding steroid dienone is 1. The summed E-state index contributed by atoms with van der Waals surface area (Å²) >= 11 is 0. The molecule has 4 aliphatic carbocycles. The second kappa shape index (κ2) is 6.29. The molecule has 0 bridgehead atoms. The van der Waals surface area contributed by atoms with Gasteiger partial charge in [0.05, 0.1) is 5.60 Å². The fourth-order valence-electron chi connectivity index (χ4n) is 8.35. The fourth-order valence-corrected chi connectivity index (χ4v) is 8.35. The lowest BCUT2D eigenvalue weighted by atomic mass is 9.47. The Bertz CT molecular complexity index is 694. The van der Waals surface area contributed by atoms with E-state index in [9.17, 15) is 9.90 Å². The Hall–Kier alpha value is -0.930. The van der Waals surface area contributed by atoms with Gasteiger partial charge in [0.1, 0.15) is 0 Å². The molecule has 4 unspecified atom stereocenters. The number of hydrogen-bond acceptors (Lipinski definition) is 3. The van der Waals surface area contributed by atoms with Gasteiger partial charge < -0.3 is 9.84 Å². The average molecular weight is 371 g/mol. The summed E-state index contributed by atoms with van der Waals surface area (Å²) in [7, 11) is 0. The van der Waals surface area contributed by atoms with E-state index in [0.717, 1.165) is 43.9 Å². The molecule has 0 aromatic carbocycles. The summed E-state index contributed by atoms with van der Waals surface area (Å²) in [5, 5.41) is 10.1. The topological polar surface area (TPSA) is 46.5 Å². The molecule has 3 fully saturated rings. The molecule has 27 heavy (non-hydrogen) atoms. The van der Waals surface area contributed by atoms with Gasteiger partial charge in [-0.25, -0.2) is 0 Å². The number of aliphatic hydroxyl groups is 1. The summed E-state index contributed by atoms with van der Waals surface area (Å²) in [5.74, 6) is 3.90. The van der Waals surface area contributed by atoms with Crippen LogP contribution in [0.4, 0.5) is 0 Å². The lowest BCUT2D eigenvalue weighted by Crippen LogP contribution is -2.55. The monoisotopic (exact) mass is 370 g/mol. The highest BCUT2D eigenvalue weighted by Gasteiger charge is 2.66. The summed E-state index contributed by atoms with van der Waals surface area (Å²) in [5.41, 5.74) is 1.41. The lowest BCUT2D eigenvalue weighted by molar-refractivity contribution is -0.191. The molecule has 3 nitrogen and oxygen atoms in total. The van der Waals surface area contributed by atoms with Gasteiger partial charge in [-0.2, -0.15) is 0 Å². The summed E-state index contributed by atoms with van der Waals surface area (Å²) < 4.78 is 6.23. The molecule has 5 rings (SSSR count). The maximum Gasteiger partial charge on any atom is 0.175 e. The Labute approximate surface area is 163 Å². The maximum atomic E-state index is 12.0. The number of carbonyl (C=O) groups excluding carboxylic acids is 1. The number of rotatable bonds is 2. The van der Waals surface area contributed by atoms with Crippen LogP contribution in [0.2, 0.25) is 0 Å². The molecule has 0 saturated heterocycles. The van der Waals surface area contributed by atoms with Crippen molar-refractivity contribution in [2.24, 2.45) is 35.0 Å². The third-order valence-electron chi connectivity index (χ3n) is 9.36. The Morgan fingerprint density at radius 3 is 2.78 bits per heavy atom. The largest absolute Gasteiger partial charge is 0.365 e. The van der Waals surface area contributed by atoms with Gasteiger partial charge in [-0.15, -0.1) is 0 Å². The summed E-state index contributed by atoms with van der Waals surface area (Å²) in [6.45, 7) is 4.69. The van der Waals surface area contributed by atoms with E-state index < -0.39 is 6.29 Å². The molecule has 3 saturated carbocycles.